The van der Waals surface area contributed by atoms with Crippen LogP contribution in [0.3, 0.4) is 0 Å². The van der Waals surface area contributed by atoms with E-state index in [0.29, 0.717) is 29.4 Å². The summed E-state index contributed by atoms with van der Waals surface area (Å²) in [6.07, 6.45) is 9.51. The monoisotopic (exact) mass is 630 g/mol. The number of methoxy groups -OCH3 is 1. The third-order valence-electron chi connectivity index (χ3n) is 8.75. The summed E-state index contributed by atoms with van der Waals surface area (Å²) in [6, 6.07) is 12.7. The molecular weight excluding hydrogens is 588 g/mol. The average Bonchev–Trinajstić information content (AvgIpc) is 3.32. The van der Waals surface area contributed by atoms with Crippen molar-refractivity contribution in [1.29, 1.82) is 0 Å². The molecule has 1 saturated heterocycles. The first-order valence-corrected chi connectivity index (χ1v) is 16.1. The molecule has 10 nitrogen and oxygen atoms in total. The van der Waals surface area contributed by atoms with Crippen LogP contribution in [0.15, 0.2) is 55.0 Å². The number of benzene rings is 2. The van der Waals surface area contributed by atoms with Crippen LogP contribution in [0.25, 0.3) is 11.4 Å². The number of para-hydroxylation sites is 1. The van der Waals surface area contributed by atoms with Gasteiger partial charge in [0.1, 0.15) is 16.6 Å². The highest BCUT2D eigenvalue weighted by Gasteiger charge is 2.29. The van der Waals surface area contributed by atoms with E-state index >= 15 is 0 Å². The van der Waals surface area contributed by atoms with Crippen LogP contribution in [0, 0.1) is 0 Å². The number of anilines is 4. The smallest absolute Gasteiger partial charge is 0.229 e. The number of nitrogens with one attached hydrogen (secondary N) is 2. The molecule has 2 aliphatic rings. The Labute approximate surface area is 270 Å². The Kier molecular flexibility index (Phi) is 9.28. The molecule has 1 unspecified atom stereocenters. The number of halogens is 1. The van der Waals surface area contributed by atoms with Crippen LogP contribution in [0.4, 0.5) is 23.1 Å². The fraction of sp³-hybridized carbons (Fsp3) is 0.441. The van der Waals surface area contributed by atoms with Crippen molar-refractivity contribution < 1.29 is 9.84 Å². The van der Waals surface area contributed by atoms with Crippen LogP contribution >= 0.6 is 11.6 Å². The van der Waals surface area contributed by atoms with Gasteiger partial charge in [-0.3, -0.25) is 9.80 Å². The van der Waals surface area contributed by atoms with Crippen LogP contribution in [-0.2, 0) is 19.9 Å². The standard InChI is InChI=1S/C34H43ClN8O2/c1-34(2,44)22-42-16-18-43(19-17-42)24-8-7-10-25-23(20-24)12-13-29(30(25)45-4)39-33-37-21-27(35)31(40-33)38-28-11-6-5-9-26(28)32-36-14-15-41(32)3/h5-6,9,11-15,21,24,44H,7-8,10,16-20,22H2,1-4H3,(H2,37,38,39,40). The maximum Gasteiger partial charge on any atom is 0.229 e. The Morgan fingerprint density at radius 3 is 2.58 bits per heavy atom. The van der Waals surface area contributed by atoms with E-state index in [0.717, 1.165) is 80.4 Å². The van der Waals surface area contributed by atoms with Gasteiger partial charge in [-0.25, -0.2) is 9.97 Å². The predicted molar refractivity (Wildman–Crippen MR) is 180 cm³/mol. The summed E-state index contributed by atoms with van der Waals surface area (Å²) in [4.78, 5) is 18.7. The molecule has 3 heterocycles. The van der Waals surface area contributed by atoms with E-state index in [2.05, 4.69) is 42.5 Å². The summed E-state index contributed by atoms with van der Waals surface area (Å²) in [5.41, 5.74) is 4.54. The molecule has 4 aromatic rings. The molecule has 2 aromatic carbocycles. The van der Waals surface area contributed by atoms with E-state index in [4.69, 9.17) is 21.3 Å². The summed E-state index contributed by atoms with van der Waals surface area (Å²) in [7, 11) is 3.70. The highest BCUT2D eigenvalue weighted by Crippen LogP contribution is 2.38. The lowest BCUT2D eigenvalue weighted by atomic mass is 9.98. The summed E-state index contributed by atoms with van der Waals surface area (Å²) in [5, 5.41) is 17.4. The topological polar surface area (TPSA) is 104 Å². The van der Waals surface area contributed by atoms with Crippen molar-refractivity contribution in [3.63, 3.8) is 0 Å². The Morgan fingerprint density at radius 1 is 1.04 bits per heavy atom. The van der Waals surface area contributed by atoms with E-state index < -0.39 is 5.60 Å². The van der Waals surface area contributed by atoms with Crippen LogP contribution in [-0.4, -0.2) is 85.9 Å². The van der Waals surface area contributed by atoms with Gasteiger partial charge >= 0.3 is 0 Å². The third-order valence-corrected chi connectivity index (χ3v) is 9.02. The van der Waals surface area contributed by atoms with Gasteiger partial charge in [-0.15, -0.1) is 0 Å². The number of aliphatic hydroxyl groups is 1. The number of fused-ring (bicyclic) bond motifs is 1. The zero-order chi connectivity index (χ0) is 31.6. The Morgan fingerprint density at radius 2 is 1.84 bits per heavy atom. The number of imidazole rings is 1. The fourth-order valence-electron chi connectivity index (χ4n) is 6.66. The van der Waals surface area contributed by atoms with Gasteiger partial charge in [-0.2, -0.15) is 4.98 Å². The van der Waals surface area contributed by atoms with Crippen LogP contribution in [0.5, 0.6) is 5.75 Å². The van der Waals surface area contributed by atoms with Gasteiger partial charge in [0.05, 0.1) is 30.3 Å². The average molecular weight is 631 g/mol. The highest BCUT2D eigenvalue weighted by atomic mass is 35.5. The van der Waals surface area contributed by atoms with E-state index in [1.165, 1.54) is 11.1 Å². The maximum absolute atomic E-state index is 10.2. The Balaban J connectivity index is 1.18. The number of nitrogens with zero attached hydrogens (tertiary/aromatic N) is 6. The van der Waals surface area contributed by atoms with Crippen molar-refractivity contribution in [3.8, 4) is 17.1 Å². The first-order chi connectivity index (χ1) is 21.7. The maximum atomic E-state index is 10.2. The third kappa shape index (κ3) is 7.25. The van der Waals surface area contributed by atoms with Crippen molar-refractivity contribution in [3.05, 3.63) is 71.1 Å². The number of aryl methyl sites for hydroxylation is 1. The molecule has 1 fully saturated rings. The number of rotatable bonds is 9. The van der Waals surface area contributed by atoms with Gasteiger partial charge in [0.25, 0.3) is 0 Å². The molecule has 0 saturated carbocycles. The van der Waals surface area contributed by atoms with Crippen molar-refractivity contribution >= 4 is 34.7 Å². The summed E-state index contributed by atoms with van der Waals surface area (Å²) < 4.78 is 7.99. The van der Waals surface area contributed by atoms with E-state index in [1.807, 2.05) is 55.9 Å². The second-order valence-electron chi connectivity index (χ2n) is 12.7. The van der Waals surface area contributed by atoms with Crippen LogP contribution < -0.4 is 15.4 Å². The summed E-state index contributed by atoms with van der Waals surface area (Å²) >= 11 is 6.56. The Bertz CT molecular complexity index is 1630. The van der Waals surface area contributed by atoms with Crippen molar-refractivity contribution in [2.45, 2.75) is 51.2 Å². The van der Waals surface area contributed by atoms with Crippen molar-refractivity contribution in [2.75, 3.05) is 50.5 Å². The minimum Gasteiger partial charge on any atom is -0.494 e. The number of piperazine rings is 1. The number of β-amino-alcohol motifs (C(OH)–C–C–N with tert-alkyl or cyclic N) is 1. The molecule has 0 radical (unpaired) electrons. The lowest BCUT2D eigenvalue weighted by molar-refractivity contribution is 0.0102. The zero-order valence-corrected chi connectivity index (χ0v) is 27.3. The summed E-state index contributed by atoms with van der Waals surface area (Å²) in [5.74, 6) is 2.60. The predicted octanol–water partition coefficient (Wildman–Crippen LogP) is 5.66. The first-order valence-electron chi connectivity index (χ1n) is 15.7. The van der Waals surface area contributed by atoms with Crippen LogP contribution in [0.1, 0.15) is 37.8 Å². The number of aromatic nitrogens is 4. The van der Waals surface area contributed by atoms with Crippen LogP contribution in [0.2, 0.25) is 5.02 Å². The van der Waals surface area contributed by atoms with Gasteiger partial charge in [0, 0.05) is 63.8 Å². The molecule has 6 rings (SSSR count). The second kappa shape index (κ2) is 13.3. The molecule has 0 bridgehead atoms. The SMILES string of the molecule is COc1c(Nc2ncc(Cl)c(Nc3ccccc3-c3nccn3C)n2)ccc2c1CCCC(N1CCN(CC(C)(C)O)CC1)C2. The van der Waals surface area contributed by atoms with E-state index in [9.17, 15) is 5.11 Å². The molecule has 2 aromatic heterocycles. The Hall–Kier alpha value is -3.70. The minimum atomic E-state index is -0.660. The molecule has 0 amide bonds. The molecule has 1 aliphatic carbocycles. The second-order valence-corrected chi connectivity index (χ2v) is 13.1. The first kappa shape index (κ1) is 31.3. The fourth-order valence-corrected chi connectivity index (χ4v) is 6.79. The van der Waals surface area contributed by atoms with Gasteiger partial charge in [-0.05, 0) is 68.9 Å². The van der Waals surface area contributed by atoms with Gasteiger partial charge in [0.15, 0.2) is 5.82 Å². The molecule has 1 aliphatic heterocycles. The molecular formula is C34H43ClN8O2. The molecule has 3 N–H and O–H groups in total. The number of hydrogen-bond acceptors (Lipinski definition) is 9. The van der Waals surface area contributed by atoms with Gasteiger partial charge in [-0.1, -0.05) is 29.8 Å². The largest absolute Gasteiger partial charge is 0.494 e. The quantitative estimate of drug-likeness (QED) is 0.202. The molecule has 45 heavy (non-hydrogen) atoms. The molecule has 11 heteroatoms. The van der Waals surface area contributed by atoms with E-state index in [-0.39, 0.29) is 0 Å². The lowest BCUT2D eigenvalue weighted by Gasteiger charge is -2.40. The minimum absolute atomic E-state index is 0.413. The zero-order valence-electron chi connectivity index (χ0n) is 26.6. The normalized spacial score (nSPS) is 17.9. The van der Waals surface area contributed by atoms with Gasteiger partial charge in [0.2, 0.25) is 5.95 Å². The number of ether oxygens (including phenoxy) is 1. The van der Waals surface area contributed by atoms with Crippen molar-refractivity contribution in [1.82, 2.24) is 29.3 Å². The van der Waals surface area contributed by atoms with E-state index in [1.54, 1.807) is 19.5 Å². The van der Waals surface area contributed by atoms with Gasteiger partial charge < -0.3 is 25.0 Å². The highest BCUT2D eigenvalue weighted by molar-refractivity contribution is 6.33. The molecule has 1 atom stereocenters. The lowest BCUT2D eigenvalue weighted by Crippen LogP contribution is -2.53. The molecule has 0 spiro atoms. The summed E-state index contributed by atoms with van der Waals surface area (Å²) in [6.45, 7) is 8.54. The van der Waals surface area contributed by atoms with Crippen molar-refractivity contribution in [2.24, 2.45) is 7.05 Å². The molecule has 238 valence electrons. The number of hydrogen-bond donors (Lipinski definition) is 3.